The third kappa shape index (κ3) is 4.73. The number of carbonyl (C=O) groups is 1. The van der Waals surface area contributed by atoms with Crippen LogP contribution >= 0.6 is 23.2 Å². The van der Waals surface area contributed by atoms with Crippen LogP contribution in [0.4, 0.5) is 0 Å². The van der Waals surface area contributed by atoms with Crippen LogP contribution in [-0.4, -0.2) is 24.9 Å². The van der Waals surface area contributed by atoms with Gasteiger partial charge in [0.25, 0.3) is 5.91 Å². The van der Waals surface area contributed by atoms with Gasteiger partial charge in [-0.3, -0.25) is 4.79 Å². The highest BCUT2D eigenvalue weighted by atomic mass is 35.5. The molecule has 3 nitrogen and oxygen atoms in total. The van der Waals surface area contributed by atoms with Gasteiger partial charge in [-0.05, 0) is 43.4 Å². The van der Waals surface area contributed by atoms with Gasteiger partial charge in [-0.2, -0.15) is 0 Å². The molecule has 0 heterocycles. The predicted octanol–water partition coefficient (Wildman–Crippen LogP) is 3.99. The Labute approximate surface area is 140 Å². The van der Waals surface area contributed by atoms with Gasteiger partial charge in [-0.25, -0.2) is 0 Å². The minimum Gasteiger partial charge on any atom is -0.348 e. The summed E-state index contributed by atoms with van der Waals surface area (Å²) in [5.41, 5.74) is 2.71. The van der Waals surface area contributed by atoms with Crippen LogP contribution in [0.1, 0.15) is 21.5 Å². The molecule has 0 saturated carbocycles. The summed E-state index contributed by atoms with van der Waals surface area (Å²) in [6, 6.07) is 13.0. The standard InChI is InChI=1S/C17H18Cl2N2O/c1-21(2)11-13-5-3-12(4-6-13)10-20-17(22)15-8-7-14(18)9-16(15)19/h3-9H,10-11H2,1-2H3,(H,20,22). The van der Waals surface area contributed by atoms with Crippen molar-refractivity contribution in [2.75, 3.05) is 14.1 Å². The van der Waals surface area contributed by atoms with Crippen LogP contribution in [0, 0.1) is 0 Å². The Morgan fingerprint density at radius 2 is 1.68 bits per heavy atom. The fourth-order valence-electron chi connectivity index (χ4n) is 2.08. The normalized spacial score (nSPS) is 10.8. The number of nitrogens with one attached hydrogen (secondary N) is 1. The molecule has 1 N–H and O–H groups in total. The van der Waals surface area contributed by atoms with Crippen molar-refractivity contribution in [3.63, 3.8) is 0 Å². The first kappa shape index (κ1) is 16.8. The van der Waals surface area contributed by atoms with E-state index in [2.05, 4.69) is 22.3 Å². The van der Waals surface area contributed by atoms with E-state index in [0.717, 1.165) is 12.1 Å². The van der Waals surface area contributed by atoms with E-state index in [4.69, 9.17) is 23.2 Å². The second kappa shape index (κ2) is 7.63. The quantitative estimate of drug-likeness (QED) is 0.895. The molecule has 0 aromatic heterocycles. The van der Waals surface area contributed by atoms with E-state index in [1.54, 1.807) is 18.2 Å². The molecular formula is C17H18Cl2N2O. The molecule has 116 valence electrons. The number of benzene rings is 2. The molecule has 0 spiro atoms. The van der Waals surface area contributed by atoms with Crippen LogP contribution in [0.15, 0.2) is 42.5 Å². The number of halogens is 2. The molecule has 2 aromatic carbocycles. The van der Waals surface area contributed by atoms with E-state index in [1.165, 1.54) is 5.56 Å². The van der Waals surface area contributed by atoms with Crippen molar-refractivity contribution < 1.29 is 4.79 Å². The molecule has 0 unspecified atom stereocenters. The van der Waals surface area contributed by atoms with Crippen molar-refractivity contribution in [2.24, 2.45) is 0 Å². The van der Waals surface area contributed by atoms with Crippen molar-refractivity contribution in [1.29, 1.82) is 0 Å². The smallest absolute Gasteiger partial charge is 0.253 e. The molecule has 0 aliphatic rings. The number of hydrogen-bond acceptors (Lipinski definition) is 2. The molecule has 2 rings (SSSR count). The third-order valence-corrected chi connectivity index (χ3v) is 3.70. The topological polar surface area (TPSA) is 32.3 Å². The lowest BCUT2D eigenvalue weighted by molar-refractivity contribution is 0.0951. The minimum absolute atomic E-state index is 0.209. The van der Waals surface area contributed by atoms with E-state index >= 15 is 0 Å². The fraction of sp³-hybridized carbons (Fsp3) is 0.235. The van der Waals surface area contributed by atoms with Crippen LogP contribution in [-0.2, 0) is 13.1 Å². The van der Waals surface area contributed by atoms with Gasteiger partial charge >= 0.3 is 0 Å². The van der Waals surface area contributed by atoms with Gasteiger partial charge in [0.2, 0.25) is 0 Å². The lowest BCUT2D eigenvalue weighted by Gasteiger charge is -2.11. The Morgan fingerprint density at radius 3 is 2.27 bits per heavy atom. The average molecular weight is 337 g/mol. The number of rotatable bonds is 5. The number of hydrogen-bond donors (Lipinski definition) is 1. The van der Waals surface area contributed by atoms with Crippen LogP contribution in [0.2, 0.25) is 10.0 Å². The Bertz CT molecular complexity index is 654. The first-order valence-corrected chi connectivity index (χ1v) is 7.67. The SMILES string of the molecule is CN(C)Cc1ccc(CNC(=O)c2ccc(Cl)cc2Cl)cc1. The number of carbonyl (C=O) groups excluding carboxylic acids is 1. The van der Waals surface area contributed by atoms with E-state index in [9.17, 15) is 4.79 Å². The van der Waals surface area contributed by atoms with Crippen LogP contribution < -0.4 is 5.32 Å². The second-order valence-electron chi connectivity index (χ2n) is 5.36. The zero-order valence-corrected chi connectivity index (χ0v) is 14.1. The highest BCUT2D eigenvalue weighted by molar-refractivity contribution is 6.36. The second-order valence-corrected chi connectivity index (χ2v) is 6.20. The molecule has 0 saturated heterocycles. The molecule has 0 aliphatic carbocycles. The Hall–Kier alpha value is -1.55. The number of nitrogens with zero attached hydrogens (tertiary/aromatic N) is 1. The highest BCUT2D eigenvalue weighted by Crippen LogP contribution is 2.20. The Balaban J connectivity index is 1.96. The van der Waals surface area contributed by atoms with Crippen molar-refractivity contribution in [2.45, 2.75) is 13.1 Å². The van der Waals surface area contributed by atoms with Crippen molar-refractivity contribution in [3.05, 3.63) is 69.2 Å². The summed E-state index contributed by atoms with van der Waals surface area (Å²) in [4.78, 5) is 14.2. The summed E-state index contributed by atoms with van der Waals surface area (Å²) in [7, 11) is 4.06. The van der Waals surface area contributed by atoms with Crippen LogP contribution in [0.5, 0.6) is 0 Å². The summed E-state index contributed by atoms with van der Waals surface area (Å²) in [6.07, 6.45) is 0. The summed E-state index contributed by atoms with van der Waals surface area (Å²) >= 11 is 11.9. The molecule has 22 heavy (non-hydrogen) atoms. The zero-order chi connectivity index (χ0) is 16.1. The largest absolute Gasteiger partial charge is 0.348 e. The van der Waals surface area contributed by atoms with Crippen LogP contribution in [0.25, 0.3) is 0 Å². The van der Waals surface area contributed by atoms with Gasteiger partial charge in [0.1, 0.15) is 0 Å². The van der Waals surface area contributed by atoms with Crippen molar-refractivity contribution >= 4 is 29.1 Å². The molecular weight excluding hydrogens is 319 g/mol. The highest BCUT2D eigenvalue weighted by Gasteiger charge is 2.10. The predicted molar refractivity (Wildman–Crippen MR) is 91.5 cm³/mol. The van der Waals surface area contributed by atoms with E-state index in [0.29, 0.717) is 22.2 Å². The minimum atomic E-state index is -0.209. The summed E-state index contributed by atoms with van der Waals surface area (Å²) < 4.78 is 0. The summed E-state index contributed by atoms with van der Waals surface area (Å²) in [5, 5.41) is 3.72. The monoisotopic (exact) mass is 336 g/mol. The molecule has 0 fully saturated rings. The van der Waals surface area contributed by atoms with E-state index < -0.39 is 0 Å². The summed E-state index contributed by atoms with van der Waals surface area (Å²) in [6.45, 7) is 1.35. The van der Waals surface area contributed by atoms with Gasteiger partial charge in [0.15, 0.2) is 0 Å². The summed E-state index contributed by atoms with van der Waals surface area (Å²) in [5.74, 6) is -0.209. The van der Waals surface area contributed by atoms with Crippen LogP contribution in [0.3, 0.4) is 0 Å². The van der Waals surface area contributed by atoms with E-state index in [1.807, 2.05) is 26.2 Å². The maximum Gasteiger partial charge on any atom is 0.253 e. The average Bonchev–Trinajstić information content (AvgIpc) is 2.45. The lowest BCUT2D eigenvalue weighted by atomic mass is 10.1. The molecule has 0 radical (unpaired) electrons. The maximum atomic E-state index is 12.1. The van der Waals surface area contributed by atoms with E-state index in [-0.39, 0.29) is 5.91 Å². The molecule has 1 amide bonds. The Kier molecular flexibility index (Phi) is 5.83. The van der Waals surface area contributed by atoms with Gasteiger partial charge in [-0.1, -0.05) is 47.5 Å². The molecule has 0 bridgehead atoms. The first-order valence-electron chi connectivity index (χ1n) is 6.91. The van der Waals surface area contributed by atoms with Gasteiger partial charge in [0, 0.05) is 18.1 Å². The van der Waals surface area contributed by atoms with Gasteiger partial charge in [-0.15, -0.1) is 0 Å². The van der Waals surface area contributed by atoms with Crippen molar-refractivity contribution in [1.82, 2.24) is 10.2 Å². The molecule has 5 heteroatoms. The fourth-order valence-corrected chi connectivity index (χ4v) is 2.57. The molecule has 0 aliphatic heterocycles. The third-order valence-electron chi connectivity index (χ3n) is 3.15. The zero-order valence-electron chi connectivity index (χ0n) is 12.6. The Morgan fingerprint density at radius 1 is 1.05 bits per heavy atom. The maximum absolute atomic E-state index is 12.1. The number of amides is 1. The molecule has 2 aromatic rings. The lowest BCUT2D eigenvalue weighted by Crippen LogP contribution is -2.23. The van der Waals surface area contributed by atoms with Gasteiger partial charge in [0.05, 0.1) is 10.6 Å². The van der Waals surface area contributed by atoms with Crippen molar-refractivity contribution in [3.8, 4) is 0 Å². The molecule has 0 atom stereocenters. The van der Waals surface area contributed by atoms with Gasteiger partial charge < -0.3 is 10.2 Å². The first-order chi connectivity index (χ1) is 10.5.